The van der Waals surface area contributed by atoms with Crippen LogP contribution in [0.1, 0.15) is 42.5 Å². The fraction of sp³-hybridized carbons (Fsp3) is 0.381. The highest BCUT2D eigenvalue weighted by Gasteiger charge is 2.35. The molecule has 136 valence electrons. The highest BCUT2D eigenvalue weighted by Crippen LogP contribution is 2.38. The quantitative estimate of drug-likeness (QED) is 0.739. The summed E-state index contributed by atoms with van der Waals surface area (Å²) in [6.45, 7) is 0.885. The molecule has 2 bridgehead atoms. The summed E-state index contributed by atoms with van der Waals surface area (Å²) in [5.74, 6) is 0. The lowest BCUT2D eigenvalue weighted by atomic mass is 9.83. The van der Waals surface area contributed by atoms with Crippen molar-refractivity contribution in [2.24, 2.45) is 0 Å². The average Bonchev–Trinajstić information content (AvgIpc) is 2.62. The Labute approximate surface area is 151 Å². The molecule has 2 aromatic rings. The summed E-state index contributed by atoms with van der Waals surface area (Å²) in [5.41, 5.74) is 2.07. The number of benzene rings is 1. The van der Waals surface area contributed by atoms with E-state index in [1.54, 1.807) is 0 Å². The predicted octanol–water partition coefficient (Wildman–Crippen LogP) is 5.31. The van der Waals surface area contributed by atoms with Crippen LogP contribution in [-0.4, -0.2) is 22.0 Å². The van der Waals surface area contributed by atoms with Crippen molar-refractivity contribution in [3.63, 3.8) is 0 Å². The molecule has 2 unspecified atom stereocenters. The smallest absolute Gasteiger partial charge is 0.289 e. The highest BCUT2D eigenvalue weighted by atomic mass is 19.4. The summed E-state index contributed by atoms with van der Waals surface area (Å²) in [6, 6.07) is 13.2. The average molecular weight is 358 g/mol. The third-order valence-corrected chi connectivity index (χ3v) is 5.41. The Balaban J connectivity index is 1.61. The summed E-state index contributed by atoms with van der Waals surface area (Å²) >= 11 is 0. The van der Waals surface area contributed by atoms with Crippen LogP contribution in [0.5, 0.6) is 0 Å². The number of alkyl halides is 3. The van der Waals surface area contributed by atoms with E-state index in [1.807, 2.05) is 18.2 Å². The third-order valence-electron chi connectivity index (χ3n) is 5.41. The van der Waals surface area contributed by atoms with Crippen LogP contribution in [0.2, 0.25) is 0 Å². The number of hydrogen-bond acceptors (Lipinski definition) is 2. The van der Waals surface area contributed by atoms with Gasteiger partial charge in [0.05, 0.1) is 11.3 Å². The third kappa shape index (κ3) is 3.54. The molecule has 2 aliphatic rings. The largest absolute Gasteiger partial charge is 0.416 e. The molecule has 2 atom stereocenters. The zero-order valence-corrected chi connectivity index (χ0v) is 14.4. The van der Waals surface area contributed by atoms with Crippen molar-refractivity contribution in [3.05, 3.63) is 71.6 Å². The number of aromatic nitrogens is 1. The molecule has 0 amide bonds. The normalized spacial score (nSPS) is 23.6. The molecule has 0 spiro atoms. The molecule has 1 aromatic heterocycles. The lowest BCUT2D eigenvalue weighted by Gasteiger charge is -2.45. The first-order valence-electron chi connectivity index (χ1n) is 9.05. The topological polar surface area (TPSA) is 16.1 Å². The van der Waals surface area contributed by atoms with Crippen molar-refractivity contribution >= 4 is 5.57 Å². The van der Waals surface area contributed by atoms with Gasteiger partial charge in [0.2, 0.25) is 0 Å². The zero-order valence-electron chi connectivity index (χ0n) is 14.4. The van der Waals surface area contributed by atoms with Gasteiger partial charge in [0.25, 0.3) is 0 Å². The number of hydrogen-bond donors (Lipinski definition) is 0. The molecule has 0 radical (unpaired) electrons. The maximum absolute atomic E-state index is 13.0. The molecule has 0 N–H and O–H groups in total. The standard InChI is InChI=1S/C21H21F3N2/c22-21(23,24)17-9-10-25-20(13-17)16-11-18-7-4-8-19(12-16)26(18)14-15-5-2-1-3-6-15/h1-3,5-6,9-11,13,18-19H,4,7-8,12,14H2. The van der Waals surface area contributed by atoms with Crippen LogP contribution in [0.3, 0.4) is 0 Å². The van der Waals surface area contributed by atoms with Crippen molar-refractivity contribution in [2.45, 2.75) is 50.5 Å². The van der Waals surface area contributed by atoms with E-state index in [9.17, 15) is 13.2 Å². The molecule has 1 saturated heterocycles. The molecular formula is C21H21F3N2. The number of pyridine rings is 1. The van der Waals surface area contributed by atoms with Gasteiger partial charge in [0.15, 0.2) is 0 Å². The van der Waals surface area contributed by atoms with Crippen molar-refractivity contribution < 1.29 is 13.2 Å². The van der Waals surface area contributed by atoms with Gasteiger partial charge in [0, 0.05) is 24.8 Å². The van der Waals surface area contributed by atoms with Crippen LogP contribution in [0.25, 0.3) is 5.57 Å². The van der Waals surface area contributed by atoms with Crippen LogP contribution in [-0.2, 0) is 12.7 Å². The van der Waals surface area contributed by atoms with E-state index in [2.05, 4.69) is 28.1 Å². The predicted molar refractivity (Wildman–Crippen MR) is 95.2 cm³/mol. The van der Waals surface area contributed by atoms with Crippen molar-refractivity contribution in [1.29, 1.82) is 0 Å². The molecule has 1 aromatic carbocycles. The van der Waals surface area contributed by atoms with Gasteiger partial charge in [-0.15, -0.1) is 0 Å². The molecule has 2 aliphatic heterocycles. The molecule has 2 nitrogen and oxygen atoms in total. The van der Waals surface area contributed by atoms with Gasteiger partial charge in [-0.2, -0.15) is 13.2 Å². The van der Waals surface area contributed by atoms with Crippen LogP contribution in [0.15, 0.2) is 54.7 Å². The molecule has 1 fully saturated rings. The molecule has 3 heterocycles. The van der Waals surface area contributed by atoms with Gasteiger partial charge in [0.1, 0.15) is 0 Å². The second-order valence-electron chi connectivity index (χ2n) is 7.13. The molecule has 0 aliphatic carbocycles. The Morgan fingerprint density at radius 3 is 2.62 bits per heavy atom. The van der Waals surface area contributed by atoms with Crippen molar-refractivity contribution in [2.75, 3.05) is 0 Å². The fourth-order valence-electron chi connectivity index (χ4n) is 4.13. The summed E-state index contributed by atoms with van der Waals surface area (Å²) < 4.78 is 39.0. The maximum Gasteiger partial charge on any atom is 0.416 e. The minimum Gasteiger partial charge on any atom is -0.289 e. The van der Waals surface area contributed by atoms with E-state index >= 15 is 0 Å². The number of nitrogens with zero attached hydrogens (tertiary/aromatic N) is 2. The fourth-order valence-corrected chi connectivity index (χ4v) is 4.13. The first kappa shape index (κ1) is 17.3. The Hall–Kier alpha value is -2.14. The summed E-state index contributed by atoms with van der Waals surface area (Å²) in [5, 5.41) is 0. The van der Waals surface area contributed by atoms with Gasteiger partial charge in [-0.1, -0.05) is 42.8 Å². The van der Waals surface area contributed by atoms with Crippen molar-refractivity contribution in [1.82, 2.24) is 9.88 Å². The summed E-state index contributed by atoms with van der Waals surface area (Å²) in [7, 11) is 0. The van der Waals surface area contributed by atoms with E-state index in [0.717, 1.165) is 37.4 Å². The molecule has 26 heavy (non-hydrogen) atoms. The van der Waals surface area contributed by atoms with E-state index in [-0.39, 0.29) is 6.04 Å². The zero-order chi connectivity index (χ0) is 18.1. The first-order valence-corrected chi connectivity index (χ1v) is 9.05. The number of halogens is 3. The van der Waals surface area contributed by atoms with Crippen LogP contribution >= 0.6 is 0 Å². The minimum absolute atomic E-state index is 0.272. The van der Waals surface area contributed by atoms with E-state index in [0.29, 0.717) is 11.7 Å². The van der Waals surface area contributed by atoms with Gasteiger partial charge in [-0.3, -0.25) is 9.88 Å². The second-order valence-corrected chi connectivity index (χ2v) is 7.13. The molecule has 5 heteroatoms. The second kappa shape index (κ2) is 6.88. The Morgan fingerprint density at radius 2 is 1.88 bits per heavy atom. The lowest BCUT2D eigenvalue weighted by Crippen LogP contribution is -2.47. The molecule has 0 saturated carbocycles. The van der Waals surface area contributed by atoms with Crippen LogP contribution in [0, 0.1) is 0 Å². The Kier molecular flexibility index (Phi) is 4.57. The number of piperidine rings is 1. The van der Waals surface area contributed by atoms with Gasteiger partial charge < -0.3 is 0 Å². The Morgan fingerprint density at radius 1 is 1.08 bits per heavy atom. The van der Waals surface area contributed by atoms with E-state index in [4.69, 9.17) is 0 Å². The lowest BCUT2D eigenvalue weighted by molar-refractivity contribution is -0.137. The number of rotatable bonds is 3. The highest BCUT2D eigenvalue weighted by molar-refractivity contribution is 5.65. The number of fused-ring (bicyclic) bond motifs is 2. The summed E-state index contributed by atoms with van der Waals surface area (Å²) in [4.78, 5) is 6.72. The van der Waals surface area contributed by atoms with Crippen LogP contribution < -0.4 is 0 Å². The maximum atomic E-state index is 13.0. The minimum atomic E-state index is -4.33. The summed E-state index contributed by atoms with van der Waals surface area (Å²) in [6.07, 6.45) is 3.14. The Bertz CT molecular complexity index is 798. The van der Waals surface area contributed by atoms with Gasteiger partial charge in [-0.05, 0) is 42.5 Å². The van der Waals surface area contributed by atoms with Gasteiger partial charge >= 0.3 is 6.18 Å². The molecular weight excluding hydrogens is 337 g/mol. The van der Waals surface area contributed by atoms with Crippen molar-refractivity contribution in [3.8, 4) is 0 Å². The van der Waals surface area contributed by atoms with Crippen LogP contribution in [0.4, 0.5) is 13.2 Å². The molecule has 4 rings (SSSR count). The van der Waals surface area contributed by atoms with E-state index < -0.39 is 11.7 Å². The SMILES string of the molecule is FC(F)(F)c1ccnc(C2=CC3CCCC(C2)N3Cc2ccccc2)c1. The first-order chi connectivity index (χ1) is 12.5. The van der Waals surface area contributed by atoms with Gasteiger partial charge in [-0.25, -0.2) is 0 Å². The van der Waals surface area contributed by atoms with E-state index in [1.165, 1.54) is 24.2 Å². The monoisotopic (exact) mass is 358 g/mol.